The Hall–Kier alpha value is -1.02. The minimum Gasteiger partial charge on any atom is -0.450 e. The van der Waals surface area contributed by atoms with Crippen LogP contribution in [0, 0.1) is 0 Å². The molecule has 0 aromatic carbocycles. The molecule has 0 saturated carbocycles. The van der Waals surface area contributed by atoms with Crippen LogP contribution in [0.3, 0.4) is 0 Å². The molecule has 0 heterocycles. The van der Waals surface area contributed by atoms with Gasteiger partial charge in [-0.15, -0.1) is 0 Å². The van der Waals surface area contributed by atoms with Gasteiger partial charge in [0, 0.05) is 0 Å². The van der Waals surface area contributed by atoms with Gasteiger partial charge in [-0.2, -0.15) is 26.3 Å². The highest BCUT2D eigenvalue weighted by atomic mass is 19.4. The zero-order chi connectivity index (χ0) is 13.4. The number of carbonyl (C=O) groups is 1. The molecule has 0 bridgehead atoms. The van der Waals surface area contributed by atoms with Gasteiger partial charge in [-0.3, -0.25) is 0 Å². The minimum atomic E-state index is -5.63. The van der Waals surface area contributed by atoms with Crippen molar-refractivity contribution in [3.63, 3.8) is 0 Å². The van der Waals surface area contributed by atoms with Gasteiger partial charge in [0.1, 0.15) is 0 Å². The molecule has 9 heteroatoms. The van der Waals surface area contributed by atoms with Gasteiger partial charge < -0.3 is 4.74 Å². The van der Waals surface area contributed by atoms with E-state index in [0.29, 0.717) is 6.92 Å². The Labute approximate surface area is 85.4 Å². The molecule has 0 aliphatic carbocycles. The van der Waals surface area contributed by atoms with E-state index < -0.39 is 30.1 Å². The number of carbonyl (C=O) groups excluding carboxylic acids is 1. The summed E-state index contributed by atoms with van der Waals surface area (Å²) < 4.78 is 87.2. The topological polar surface area (TPSA) is 26.3 Å². The summed E-state index contributed by atoms with van der Waals surface area (Å²) in [5.41, 5.74) is -4.47. The van der Waals surface area contributed by atoms with Crippen molar-refractivity contribution in [3.05, 3.63) is 0 Å². The summed E-state index contributed by atoms with van der Waals surface area (Å²) in [6.45, 7) is 0.0861. The van der Waals surface area contributed by atoms with Gasteiger partial charge in [0.05, 0.1) is 0 Å². The van der Waals surface area contributed by atoms with E-state index in [0.717, 1.165) is 0 Å². The minimum absolute atomic E-state index is 0.210. The lowest BCUT2D eigenvalue weighted by molar-refractivity contribution is -0.254. The van der Waals surface area contributed by atoms with Crippen LogP contribution in [0.25, 0.3) is 0 Å². The van der Waals surface area contributed by atoms with Crippen LogP contribution in [0.15, 0.2) is 0 Å². The highest BCUT2D eigenvalue weighted by molar-refractivity contribution is 5.80. The molecule has 0 aromatic rings. The van der Waals surface area contributed by atoms with Crippen molar-refractivity contribution in [1.82, 2.24) is 0 Å². The van der Waals surface area contributed by atoms with Crippen LogP contribution in [0.2, 0.25) is 0 Å². The third-order valence-corrected chi connectivity index (χ3v) is 1.66. The molecule has 16 heavy (non-hydrogen) atoms. The smallest absolute Gasteiger partial charge is 0.433 e. The maximum atomic E-state index is 12.8. The SMILES string of the molecule is CC(OC(=O)C(C)(F)C(F)(F)F)C(F)(F)F. The lowest BCUT2D eigenvalue weighted by Gasteiger charge is -2.24. The average molecular weight is 256 g/mol. The van der Waals surface area contributed by atoms with Gasteiger partial charge in [0.15, 0.2) is 6.10 Å². The lowest BCUT2D eigenvalue weighted by atomic mass is 10.1. The predicted octanol–water partition coefficient (Wildman–Crippen LogP) is 2.77. The molecular formula is C7H7F7O2. The van der Waals surface area contributed by atoms with E-state index in [1.54, 1.807) is 0 Å². The van der Waals surface area contributed by atoms with E-state index in [4.69, 9.17) is 0 Å². The number of hydrogen-bond donors (Lipinski definition) is 0. The Morgan fingerprint density at radius 1 is 1.06 bits per heavy atom. The zero-order valence-corrected chi connectivity index (χ0v) is 8.04. The Morgan fingerprint density at radius 3 is 1.69 bits per heavy atom. The Kier molecular flexibility index (Phi) is 3.83. The predicted molar refractivity (Wildman–Crippen MR) is 37.2 cm³/mol. The first-order chi connectivity index (χ1) is 6.80. The fourth-order valence-corrected chi connectivity index (χ4v) is 0.454. The van der Waals surface area contributed by atoms with Crippen molar-refractivity contribution < 1.29 is 40.3 Å². The van der Waals surface area contributed by atoms with Gasteiger partial charge in [0.25, 0.3) is 5.67 Å². The molecule has 0 saturated heterocycles. The van der Waals surface area contributed by atoms with Gasteiger partial charge in [-0.1, -0.05) is 0 Å². The summed E-state index contributed by atoms with van der Waals surface area (Å²) in [5.74, 6) is -2.62. The molecule has 2 unspecified atom stereocenters. The molecule has 2 nitrogen and oxygen atoms in total. The van der Waals surface area contributed by atoms with Crippen molar-refractivity contribution in [2.24, 2.45) is 0 Å². The first-order valence-electron chi connectivity index (χ1n) is 3.83. The van der Waals surface area contributed by atoms with E-state index in [1.165, 1.54) is 0 Å². The second kappa shape index (κ2) is 4.10. The van der Waals surface area contributed by atoms with Crippen molar-refractivity contribution in [3.8, 4) is 0 Å². The zero-order valence-electron chi connectivity index (χ0n) is 8.04. The molecule has 0 aliphatic rings. The maximum Gasteiger partial charge on any atom is 0.433 e. The van der Waals surface area contributed by atoms with Crippen LogP contribution in [0.4, 0.5) is 30.7 Å². The van der Waals surface area contributed by atoms with Gasteiger partial charge in [0.2, 0.25) is 0 Å². The van der Waals surface area contributed by atoms with Crippen LogP contribution < -0.4 is 0 Å². The number of halogens is 7. The molecule has 0 spiro atoms. The van der Waals surface area contributed by atoms with E-state index in [9.17, 15) is 35.5 Å². The molecule has 0 N–H and O–H groups in total. The normalized spacial score (nSPS) is 18.8. The van der Waals surface area contributed by atoms with Crippen LogP contribution >= 0.6 is 0 Å². The monoisotopic (exact) mass is 256 g/mol. The van der Waals surface area contributed by atoms with E-state index in [-0.39, 0.29) is 6.92 Å². The maximum absolute atomic E-state index is 12.8. The molecule has 0 amide bonds. The van der Waals surface area contributed by atoms with E-state index in [1.807, 2.05) is 0 Å². The van der Waals surface area contributed by atoms with Crippen LogP contribution in [-0.2, 0) is 9.53 Å². The largest absolute Gasteiger partial charge is 0.450 e. The summed E-state index contributed by atoms with van der Waals surface area (Å²) in [4.78, 5) is 10.6. The van der Waals surface area contributed by atoms with E-state index >= 15 is 0 Å². The van der Waals surface area contributed by atoms with Crippen LogP contribution in [0.1, 0.15) is 13.8 Å². The molecule has 2 atom stereocenters. The fourth-order valence-electron chi connectivity index (χ4n) is 0.454. The van der Waals surface area contributed by atoms with Gasteiger partial charge in [-0.05, 0) is 13.8 Å². The second-order valence-electron chi connectivity index (χ2n) is 3.09. The Morgan fingerprint density at radius 2 is 1.44 bits per heavy atom. The standard InChI is InChI=1S/C7H7F7O2/c1-3(6(9,10)11)16-4(15)5(2,8)7(12,13)14/h3H,1-2H3. The molecular weight excluding hydrogens is 249 g/mol. The first-order valence-corrected chi connectivity index (χ1v) is 3.83. The number of hydrogen-bond acceptors (Lipinski definition) is 2. The van der Waals surface area contributed by atoms with Gasteiger partial charge in [-0.25, -0.2) is 9.18 Å². The summed E-state index contributed by atoms with van der Waals surface area (Å²) in [6, 6.07) is 0. The van der Waals surface area contributed by atoms with Crippen molar-refractivity contribution in [2.45, 2.75) is 38.0 Å². The highest BCUT2D eigenvalue weighted by Gasteiger charge is 2.60. The molecule has 0 rings (SSSR count). The van der Waals surface area contributed by atoms with Crippen molar-refractivity contribution in [2.75, 3.05) is 0 Å². The van der Waals surface area contributed by atoms with E-state index in [2.05, 4.69) is 4.74 Å². The van der Waals surface area contributed by atoms with Crippen molar-refractivity contribution in [1.29, 1.82) is 0 Å². The summed E-state index contributed by atoms with van der Waals surface area (Å²) >= 11 is 0. The summed E-state index contributed by atoms with van der Waals surface area (Å²) in [5, 5.41) is 0. The third-order valence-electron chi connectivity index (χ3n) is 1.66. The number of alkyl halides is 7. The lowest BCUT2D eigenvalue weighted by Crippen LogP contribution is -2.48. The first kappa shape index (κ1) is 15.0. The number of rotatable bonds is 2. The Bertz CT molecular complexity index is 265. The van der Waals surface area contributed by atoms with Crippen LogP contribution in [0.5, 0.6) is 0 Å². The second-order valence-corrected chi connectivity index (χ2v) is 3.09. The molecule has 96 valence electrons. The van der Waals surface area contributed by atoms with Crippen molar-refractivity contribution >= 4 is 5.97 Å². The number of esters is 1. The number of ether oxygens (including phenoxy) is 1. The highest BCUT2D eigenvalue weighted by Crippen LogP contribution is 2.35. The molecule has 0 radical (unpaired) electrons. The summed E-state index contributed by atoms with van der Waals surface area (Å²) in [7, 11) is 0. The molecule has 0 aromatic heterocycles. The summed E-state index contributed by atoms with van der Waals surface area (Å²) in [6.07, 6.45) is -13.5. The third kappa shape index (κ3) is 3.24. The molecule has 0 aliphatic heterocycles. The van der Waals surface area contributed by atoms with Crippen LogP contribution in [-0.4, -0.2) is 30.1 Å². The fraction of sp³-hybridized carbons (Fsp3) is 0.857. The average Bonchev–Trinajstić information content (AvgIpc) is 1.99. The van der Waals surface area contributed by atoms with Gasteiger partial charge >= 0.3 is 18.3 Å². The molecule has 0 fully saturated rings. The quantitative estimate of drug-likeness (QED) is 0.561. The Balaban J connectivity index is 4.73.